The van der Waals surface area contributed by atoms with Gasteiger partial charge >= 0.3 is 0 Å². The maximum absolute atomic E-state index is 11.7. The number of thioether (sulfide) groups is 1. The van der Waals surface area contributed by atoms with Gasteiger partial charge in [-0.3, -0.25) is 4.79 Å². The highest BCUT2D eigenvalue weighted by atomic mass is 32.2. The fraction of sp³-hybridized carbons (Fsp3) is 0.909. The van der Waals surface area contributed by atoms with Crippen molar-refractivity contribution in [2.24, 2.45) is 11.3 Å². The van der Waals surface area contributed by atoms with Gasteiger partial charge in [-0.1, -0.05) is 6.92 Å². The Labute approximate surface area is 90.2 Å². The van der Waals surface area contributed by atoms with Crippen LogP contribution in [0, 0.1) is 11.3 Å². The first-order valence-corrected chi connectivity index (χ1v) is 6.73. The largest absolute Gasteiger partial charge is 0.353 e. The van der Waals surface area contributed by atoms with Gasteiger partial charge < -0.3 is 5.32 Å². The molecule has 80 valence electrons. The SMILES string of the molecule is CCSCCC(C)NC(=O)C12CC1C2. The Morgan fingerprint density at radius 3 is 2.79 bits per heavy atom. The molecule has 1 unspecified atom stereocenters. The normalized spacial score (nSPS) is 34.6. The van der Waals surface area contributed by atoms with E-state index in [0.29, 0.717) is 11.9 Å². The Kier molecular flexibility index (Phi) is 2.78. The van der Waals surface area contributed by atoms with Gasteiger partial charge in [-0.25, -0.2) is 0 Å². The summed E-state index contributed by atoms with van der Waals surface area (Å²) in [5.41, 5.74) is 0.145. The van der Waals surface area contributed by atoms with Crippen LogP contribution in [0.3, 0.4) is 0 Å². The van der Waals surface area contributed by atoms with Gasteiger partial charge in [-0.15, -0.1) is 0 Å². The van der Waals surface area contributed by atoms with Gasteiger partial charge in [-0.2, -0.15) is 11.8 Å². The quantitative estimate of drug-likeness (QED) is 0.684. The summed E-state index contributed by atoms with van der Waals surface area (Å²) in [7, 11) is 0. The first-order chi connectivity index (χ1) is 6.69. The highest BCUT2D eigenvalue weighted by molar-refractivity contribution is 7.99. The van der Waals surface area contributed by atoms with Crippen LogP contribution in [0.1, 0.15) is 33.1 Å². The molecule has 1 N–H and O–H groups in total. The lowest BCUT2D eigenvalue weighted by Crippen LogP contribution is -2.36. The zero-order valence-corrected chi connectivity index (χ0v) is 9.82. The number of carbonyl (C=O) groups excluding carboxylic acids is 1. The summed E-state index contributed by atoms with van der Waals surface area (Å²) in [6, 6.07) is 0.359. The third-order valence-corrected chi connectivity index (χ3v) is 4.34. The minimum atomic E-state index is 0.145. The molecule has 0 bridgehead atoms. The first-order valence-electron chi connectivity index (χ1n) is 5.58. The molecule has 0 aliphatic heterocycles. The Morgan fingerprint density at radius 2 is 2.29 bits per heavy atom. The van der Waals surface area contributed by atoms with Crippen LogP contribution in [-0.4, -0.2) is 23.5 Å². The average Bonchev–Trinajstić information content (AvgIpc) is 2.90. The van der Waals surface area contributed by atoms with Crippen LogP contribution in [0.5, 0.6) is 0 Å². The van der Waals surface area contributed by atoms with Crippen molar-refractivity contribution in [3.05, 3.63) is 0 Å². The van der Waals surface area contributed by atoms with Gasteiger partial charge in [0.15, 0.2) is 0 Å². The Morgan fingerprint density at radius 1 is 1.64 bits per heavy atom. The smallest absolute Gasteiger partial charge is 0.226 e. The summed E-state index contributed by atoms with van der Waals surface area (Å²) >= 11 is 1.95. The summed E-state index contributed by atoms with van der Waals surface area (Å²) in [4.78, 5) is 11.7. The molecule has 0 aromatic carbocycles. The summed E-state index contributed by atoms with van der Waals surface area (Å²) < 4.78 is 0. The highest BCUT2D eigenvalue weighted by Gasteiger charge is 2.74. The second-order valence-corrected chi connectivity index (χ2v) is 6.02. The Balaban J connectivity index is 1.62. The maximum Gasteiger partial charge on any atom is 0.226 e. The molecule has 2 rings (SSSR count). The molecule has 1 atom stereocenters. The van der Waals surface area contributed by atoms with Crippen LogP contribution in [0.15, 0.2) is 0 Å². The predicted octanol–water partition coefficient (Wildman–Crippen LogP) is 2.04. The van der Waals surface area contributed by atoms with Crippen LogP contribution >= 0.6 is 11.8 Å². The van der Waals surface area contributed by atoms with Gasteiger partial charge in [0.25, 0.3) is 0 Å². The molecule has 2 nitrogen and oxygen atoms in total. The van der Waals surface area contributed by atoms with E-state index in [1.54, 1.807) is 0 Å². The average molecular weight is 213 g/mol. The van der Waals surface area contributed by atoms with Crippen molar-refractivity contribution in [3.8, 4) is 0 Å². The van der Waals surface area contributed by atoms with Crippen molar-refractivity contribution in [3.63, 3.8) is 0 Å². The van der Waals surface area contributed by atoms with Crippen LogP contribution in [0.2, 0.25) is 0 Å². The van der Waals surface area contributed by atoms with E-state index in [-0.39, 0.29) is 5.41 Å². The summed E-state index contributed by atoms with van der Waals surface area (Å²) in [5, 5.41) is 3.13. The molecule has 2 aliphatic rings. The summed E-state index contributed by atoms with van der Waals surface area (Å²) in [6.45, 7) is 4.29. The molecule has 1 amide bonds. The third-order valence-electron chi connectivity index (χ3n) is 3.41. The number of hydrogen-bond donors (Lipinski definition) is 1. The molecule has 0 radical (unpaired) electrons. The van der Waals surface area contributed by atoms with E-state index in [4.69, 9.17) is 0 Å². The lowest BCUT2D eigenvalue weighted by molar-refractivity contribution is -0.124. The van der Waals surface area contributed by atoms with E-state index in [0.717, 1.165) is 30.9 Å². The second kappa shape index (κ2) is 3.76. The van der Waals surface area contributed by atoms with Crippen LogP contribution in [0.4, 0.5) is 0 Å². The third kappa shape index (κ3) is 1.92. The number of amides is 1. The van der Waals surface area contributed by atoms with E-state index < -0.39 is 0 Å². The molecule has 2 fully saturated rings. The highest BCUT2D eigenvalue weighted by Crippen LogP contribution is 2.75. The van der Waals surface area contributed by atoms with Crippen molar-refractivity contribution >= 4 is 17.7 Å². The molecule has 2 aliphatic carbocycles. The van der Waals surface area contributed by atoms with Crippen LogP contribution in [0.25, 0.3) is 0 Å². The monoisotopic (exact) mass is 213 g/mol. The van der Waals surface area contributed by atoms with Crippen molar-refractivity contribution < 1.29 is 4.79 Å². The standard InChI is InChI=1S/C11H19NOS/c1-3-14-5-4-8(2)12-10(13)11-6-9(11)7-11/h8-9H,3-7H2,1-2H3,(H,12,13). The van der Waals surface area contributed by atoms with Gasteiger partial charge in [0.1, 0.15) is 0 Å². The first kappa shape index (κ1) is 10.3. The lowest BCUT2D eigenvalue weighted by Gasteiger charge is -2.14. The zero-order valence-electron chi connectivity index (χ0n) is 9.01. The minimum Gasteiger partial charge on any atom is -0.353 e. The van der Waals surface area contributed by atoms with E-state index in [1.807, 2.05) is 11.8 Å². The molecular weight excluding hydrogens is 194 g/mol. The predicted molar refractivity (Wildman–Crippen MR) is 60.4 cm³/mol. The van der Waals surface area contributed by atoms with Crippen molar-refractivity contribution in [1.29, 1.82) is 0 Å². The molecule has 0 heterocycles. The number of rotatable bonds is 6. The second-order valence-electron chi connectivity index (χ2n) is 4.62. The van der Waals surface area contributed by atoms with E-state index in [9.17, 15) is 4.79 Å². The fourth-order valence-corrected chi connectivity index (χ4v) is 2.73. The minimum absolute atomic E-state index is 0.145. The number of nitrogens with one attached hydrogen (secondary N) is 1. The maximum atomic E-state index is 11.7. The number of hydrogen-bond acceptors (Lipinski definition) is 2. The molecule has 0 aromatic heterocycles. The molecule has 0 aromatic rings. The van der Waals surface area contributed by atoms with Crippen molar-refractivity contribution in [2.75, 3.05) is 11.5 Å². The zero-order chi connectivity index (χ0) is 10.2. The molecule has 0 saturated heterocycles. The molecule has 3 heteroatoms. The van der Waals surface area contributed by atoms with Gasteiger partial charge in [0.05, 0.1) is 5.41 Å². The van der Waals surface area contributed by atoms with E-state index in [1.165, 1.54) is 5.75 Å². The Bertz CT molecular complexity index is 235. The molecule has 0 spiro atoms. The van der Waals surface area contributed by atoms with Crippen molar-refractivity contribution in [1.82, 2.24) is 5.32 Å². The van der Waals surface area contributed by atoms with Crippen LogP contribution in [-0.2, 0) is 4.79 Å². The fourth-order valence-electron chi connectivity index (χ4n) is 1.92. The van der Waals surface area contributed by atoms with Crippen molar-refractivity contribution in [2.45, 2.75) is 39.2 Å². The number of carbonyl (C=O) groups is 1. The summed E-state index contributed by atoms with van der Waals surface area (Å²) in [6.07, 6.45) is 3.43. The molecular formula is C11H19NOS. The van der Waals surface area contributed by atoms with E-state index in [2.05, 4.69) is 19.2 Å². The molecule has 14 heavy (non-hydrogen) atoms. The van der Waals surface area contributed by atoms with Gasteiger partial charge in [-0.05, 0) is 43.6 Å². The molecule has 2 saturated carbocycles. The summed E-state index contributed by atoms with van der Waals surface area (Å²) in [5.74, 6) is 3.43. The van der Waals surface area contributed by atoms with Gasteiger partial charge in [0.2, 0.25) is 5.91 Å². The van der Waals surface area contributed by atoms with E-state index >= 15 is 0 Å². The van der Waals surface area contributed by atoms with Gasteiger partial charge in [0, 0.05) is 6.04 Å². The lowest BCUT2D eigenvalue weighted by atomic mass is 10.2. The van der Waals surface area contributed by atoms with Crippen LogP contribution < -0.4 is 5.32 Å². The Hall–Kier alpha value is -0.180. The number of fused-ring (bicyclic) bond motifs is 1. The topological polar surface area (TPSA) is 29.1 Å².